The van der Waals surface area contributed by atoms with Crippen molar-refractivity contribution >= 4 is 5.97 Å². The molecule has 3 nitrogen and oxygen atoms in total. The van der Waals surface area contributed by atoms with Gasteiger partial charge in [-0.05, 0) is 36.3 Å². The van der Waals surface area contributed by atoms with E-state index in [1.54, 1.807) is 0 Å². The number of rotatable bonds is 4. The van der Waals surface area contributed by atoms with Crippen LogP contribution in [0.5, 0.6) is 0 Å². The molecular formula is C16H22O3. The molecule has 0 atom stereocenters. The van der Waals surface area contributed by atoms with E-state index in [1.165, 1.54) is 5.56 Å². The van der Waals surface area contributed by atoms with Crippen molar-refractivity contribution in [3.8, 4) is 0 Å². The molecule has 0 aromatic heterocycles. The Labute approximate surface area is 114 Å². The van der Waals surface area contributed by atoms with E-state index < -0.39 is 11.4 Å². The lowest BCUT2D eigenvalue weighted by atomic mass is 9.75. The van der Waals surface area contributed by atoms with E-state index in [9.17, 15) is 9.90 Å². The molecule has 1 fully saturated rings. The van der Waals surface area contributed by atoms with Crippen LogP contribution in [0.4, 0.5) is 0 Å². The van der Waals surface area contributed by atoms with Gasteiger partial charge in [-0.2, -0.15) is 0 Å². The van der Waals surface area contributed by atoms with Crippen molar-refractivity contribution in [2.24, 2.45) is 5.41 Å². The SMILES string of the molecule is CC(C)c1ccc(CC2(C(=O)O)CCOCC2)cc1. The Bertz CT molecular complexity index is 428. The molecule has 0 bridgehead atoms. The van der Waals surface area contributed by atoms with Crippen LogP contribution in [0.3, 0.4) is 0 Å². The third-order valence-corrected chi connectivity index (χ3v) is 4.09. The van der Waals surface area contributed by atoms with E-state index in [2.05, 4.69) is 38.1 Å². The molecule has 1 heterocycles. The number of benzene rings is 1. The lowest BCUT2D eigenvalue weighted by Crippen LogP contribution is -2.39. The third-order valence-electron chi connectivity index (χ3n) is 4.09. The monoisotopic (exact) mass is 262 g/mol. The van der Waals surface area contributed by atoms with Gasteiger partial charge in [0, 0.05) is 13.2 Å². The molecule has 104 valence electrons. The average molecular weight is 262 g/mol. The first-order chi connectivity index (χ1) is 9.03. The summed E-state index contributed by atoms with van der Waals surface area (Å²) >= 11 is 0. The minimum atomic E-state index is -0.691. The maximum absolute atomic E-state index is 11.6. The summed E-state index contributed by atoms with van der Waals surface area (Å²) < 4.78 is 5.30. The van der Waals surface area contributed by atoms with E-state index in [1.807, 2.05) is 0 Å². The zero-order chi connectivity index (χ0) is 13.9. The first-order valence-corrected chi connectivity index (χ1v) is 6.93. The summed E-state index contributed by atoms with van der Waals surface area (Å²) in [6.07, 6.45) is 1.81. The van der Waals surface area contributed by atoms with Gasteiger partial charge in [-0.15, -0.1) is 0 Å². The van der Waals surface area contributed by atoms with Crippen molar-refractivity contribution < 1.29 is 14.6 Å². The van der Waals surface area contributed by atoms with Gasteiger partial charge in [-0.1, -0.05) is 38.1 Å². The summed E-state index contributed by atoms with van der Waals surface area (Å²) in [6.45, 7) is 5.42. The van der Waals surface area contributed by atoms with Crippen molar-refractivity contribution in [1.29, 1.82) is 0 Å². The lowest BCUT2D eigenvalue weighted by molar-refractivity contribution is -0.154. The molecule has 3 heteroatoms. The number of ether oxygens (including phenoxy) is 1. The molecule has 0 aliphatic carbocycles. The van der Waals surface area contributed by atoms with Crippen LogP contribution < -0.4 is 0 Å². The van der Waals surface area contributed by atoms with Crippen LogP contribution in [-0.4, -0.2) is 24.3 Å². The van der Waals surface area contributed by atoms with E-state index in [0.29, 0.717) is 38.4 Å². The van der Waals surface area contributed by atoms with Gasteiger partial charge in [0.1, 0.15) is 0 Å². The summed E-state index contributed by atoms with van der Waals surface area (Å²) in [5, 5.41) is 9.54. The molecule has 0 radical (unpaired) electrons. The molecule has 1 aliphatic heterocycles. The molecule has 1 saturated heterocycles. The number of aliphatic carboxylic acids is 1. The Morgan fingerprint density at radius 2 is 1.84 bits per heavy atom. The smallest absolute Gasteiger partial charge is 0.310 e. The molecule has 0 saturated carbocycles. The third kappa shape index (κ3) is 3.16. The Balaban J connectivity index is 2.15. The van der Waals surface area contributed by atoms with E-state index in [4.69, 9.17) is 4.74 Å². The summed E-state index contributed by atoms with van der Waals surface area (Å²) in [5.41, 5.74) is 1.76. The molecular weight excluding hydrogens is 240 g/mol. The van der Waals surface area contributed by atoms with Gasteiger partial charge in [0.05, 0.1) is 5.41 Å². The van der Waals surface area contributed by atoms with Gasteiger partial charge < -0.3 is 9.84 Å². The Kier molecular flexibility index (Phi) is 4.25. The van der Waals surface area contributed by atoms with Crippen molar-refractivity contribution in [3.05, 3.63) is 35.4 Å². The molecule has 2 rings (SSSR count). The van der Waals surface area contributed by atoms with Gasteiger partial charge in [0.2, 0.25) is 0 Å². The normalized spacial score (nSPS) is 18.5. The Hall–Kier alpha value is -1.35. The van der Waals surface area contributed by atoms with Gasteiger partial charge in [-0.25, -0.2) is 0 Å². The largest absolute Gasteiger partial charge is 0.481 e. The number of hydrogen-bond acceptors (Lipinski definition) is 2. The minimum absolute atomic E-state index is 0.505. The topological polar surface area (TPSA) is 46.5 Å². The molecule has 1 aliphatic rings. The number of carbonyl (C=O) groups is 1. The highest BCUT2D eigenvalue weighted by molar-refractivity contribution is 5.75. The zero-order valence-corrected chi connectivity index (χ0v) is 11.7. The lowest BCUT2D eigenvalue weighted by Gasteiger charge is -2.33. The fourth-order valence-electron chi connectivity index (χ4n) is 2.64. The first-order valence-electron chi connectivity index (χ1n) is 6.93. The zero-order valence-electron chi connectivity index (χ0n) is 11.7. The van der Waals surface area contributed by atoms with E-state index >= 15 is 0 Å². The Morgan fingerprint density at radius 3 is 2.32 bits per heavy atom. The van der Waals surface area contributed by atoms with Crippen LogP contribution in [0.2, 0.25) is 0 Å². The number of hydrogen-bond donors (Lipinski definition) is 1. The summed E-state index contributed by atoms with van der Waals surface area (Å²) in [7, 11) is 0. The van der Waals surface area contributed by atoms with Gasteiger partial charge >= 0.3 is 5.97 Å². The summed E-state index contributed by atoms with van der Waals surface area (Å²) in [6, 6.07) is 8.34. The van der Waals surface area contributed by atoms with Crippen molar-refractivity contribution in [3.63, 3.8) is 0 Å². The van der Waals surface area contributed by atoms with Crippen molar-refractivity contribution in [2.45, 2.75) is 39.0 Å². The highest BCUT2D eigenvalue weighted by Gasteiger charge is 2.40. The average Bonchev–Trinajstić information content (AvgIpc) is 2.40. The fourth-order valence-corrected chi connectivity index (χ4v) is 2.64. The highest BCUT2D eigenvalue weighted by atomic mass is 16.5. The maximum atomic E-state index is 11.6. The summed E-state index contributed by atoms with van der Waals surface area (Å²) in [4.78, 5) is 11.6. The van der Waals surface area contributed by atoms with Crippen LogP contribution >= 0.6 is 0 Å². The van der Waals surface area contributed by atoms with Gasteiger partial charge in [0.25, 0.3) is 0 Å². The second kappa shape index (κ2) is 5.74. The van der Waals surface area contributed by atoms with Crippen LogP contribution in [0.1, 0.15) is 43.7 Å². The van der Waals surface area contributed by atoms with Crippen molar-refractivity contribution in [2.75, 3.05) is 13.2 Å². The Morgan fingerprint density at radius 1 is 1.26 bits per heavy atom. The van der Waals surface area contributed by atoms with Crippen molar-refractivity contribution in [1.82, 2.24) is 0 Å². The fraction of sp³-hybridized carbons (Fsp3) is 0.562. The molecule has 0 unspecified atom stereocenters. The second-order valence-electron chi connectivity index (χ2n) is 5.77. The number of carboxylic acids is 1. The molecule has 1 aromatic carbocycles. The highest BCUT2D eigenvalue weighted by Crippen LogP contribution is 2.35. The standard InChI is InChI=1S/C16H22O3/c1-12(2)14-5-3-13(4-6-14)11-16(15(17)18)7-9-19-10-8-16/h3-6,12H,7-11H2,1-2H3,(H,17,18). The number of carboxylic acid groups (broad SMARTS) is 1. The quantitative estimate of drug-likeness (QED) is 0.906. The van der Waals surface area contributed by atoms with Gasteiger partial charge in [0.15, 0.2) is 0 Å². The van der Waals surface area contributed by atoms with Crippen LogP contribution in [0, 0.1) is 5.41 Å². The van der Waals surface area contributed by atoms with E-state index in [-0.39, 0.29) is 0 Å². The maximum Gasteiger partial charge on any atom is 0.310 e. The summed E-state index contributed by atoms with van der Waals surface area (Å²) in [5.74, 6) is -0.186. The van der Waals surface area contributed by atoms with Crippen LogP contribution in [0.15, 0.2) is 24.3 Å². The molecule has 0 spiro atoms. The van der Waals surface area contributed by atoms with E-state index in [0.717, 1.165) is 5.56 Å². The molecule has 1 N–H and O–H groups in total. The molecule has 0 amide bonds. The molecule has 19 heavy (non-hydrogen) atoms. The van der Waals surface area contributed by atoms with Crippen LogP contribution in [-0.2, 0) is 16.0 Å². The second-order valence-corrected chi connectivity index (χ2v) is 5.77. The van der Waals surface area contributed by atoms with Gasteiger partial charge in [-0.3, -0.25) is 4.79 Å². The van der Waals surface area contributed by atoms with Crippen LogP contribution in [0.25, 0.3) is 0 Å². The predicted octanol–water partition coefficient (Wildman–Crippen LogP) is 3.23. The molecule has 1 aromatic rings. The minimum Gasteiger partial charge on any atom is -0.481 e. The predicted molar refractivity (Wildman–Crippen MR) is 74.4 cm³/mol. The first kappa shape index (κ1) is 14.1.